The molecule has 1 atom stereocenters. The lowest BCUT2D eigenvalue weighted by Gasteiger charge is -2.27. The maximum atomic E-state index is 13.7. The first-order valence-corrected chi connectivity index (χ1v) is 13.0. The Morgan fingerprint density at radius 3 is 2.08 bits per heavy atom. The number of hydrogen-bond donors (Lipinski definition) is 1. The Morgan fingerprint density at radius 1 is 0.838 bits per heavy atom. The van der Waals surface area contributed by atoms with Crippen LogP contribution >= 0.6 is 0 Å². The van der Waals surface area contributed by atoms with Gasteiger partial charge in [0.1, 0.15) is 18.0 Å². The van der Waals surface area contributed by atoms with E-state index in [4.69, 9.17) is 18.9 Å². The van der Waals surface area contributed by atoms with Crippen molar-refractivity contribution in [2.24, 2.45) is 0 Å². The monoisotopic (exact) mass is 528 g/mol. The van der Waals surface area contributed by atoms with Gasteiger partial charge in [0, 0.05) is 0 Å². The van der Waals surface area contributed by atoms with E-state index in [9.17, 15) is 13.2 Å². The van der Waals surface area contributed by atoms with Crippen molar-refractivity contribution in [1.29, 1.82) is 0 Å². The van der Waals surface area contributed by atoms with E-state index in [-0.39, 0.29) is 16.6 Å². The Kier molecular flexibility index (Phi) is 9.24. The van der Waals surface area contributed by atoms with Crippen molar-refractivity contribution < 1.29 is 32.2 Å². The first kappa shape index (κ1) is 27.7. The Bertz CT molecular complexity index is 1310. The lowest BCUT2D eigenvalue weighted by atomic mass is 10.0. The molecule has 0 fully saturated rings. The molecule has 37 heavy (non-hydrogen) atoms. The standard InChI is InChI=1S/C27H32N2O7S/c1-6-22(19-11-16-25(35-4)26(17-19)36-5)28-27(30)18-29(23-9-7-8-10-24(23)34-3)37(31,32)21-14-12-20(33-2)13-15-21/h7-17,22H,6,18H2,1-5H3,(H,28,30). The van der Waals surface area contributed by atoms with Crippen molar-refractivity contribution in [1.82, 2.24) is 5.32 Å². The molecule has 0 spiro atoms. The molecule has 0 aliphatic carbocycles. The number of sulfonamides is 1. The summed E-state index contributed by atoms with van der Waals surface area (Å²) < 4.78 is 49.8. The van der Waals surface area contributed by atoms with Crippen LogP contribution in [0.4, 0.5) is 5.69 Å². The number of ether oxygens (including phenoxy) is 4. The molecule has 0 bridgehead atoms. The smallest absolute Gasteiger partial charge is 0.264 e. The zero-order valence-corrected chi connectivity index (χ0v) is 22.4. The number of hydrogen-bond acceptors (Lipinski definition) is 7. The van der Waals surface area contributed by atoms with E-state index in [1.165, 1.54) is 33.5 Å². The summed E-state index contributed by atoms with van der Waals surface area (Å²) in [6.45, 7) is 1.46. The number of rotatable bonds is 12. The molecule has 198 valence electrons. The van der Waals surface area contributed by atoms with Crippen molar-refractivity contribution in [3.8, 4) is 23.0 Å². The van der Waals surface area contributed by atoms with E-state index in [1.54, 1.807) is 55.6 Å². The molecule has 1 N–H and O–H groups in total. The molecule has 3 aromatic carbocycles. The highest BCUT2D eigenvalue weighted by Crippen LogP contribution is 2.33. The SMILES string of the molecule is CCC(NC(=O)CN(c1ccccc1OC)S(=O)(=O)c1ccc(OC)cc1)c1ccc(OC)c(OC)c1. The summed E-state index contributed by atoms with van der Waals surface area (Å²) in [5, 5.41) is 2.95. The molecule has 1 amide bonds. The second-order valence-corrected chi connectivity index (χ2v) is 9.86. The number of methoxy groups -OCH3 is 4. The average Bonchev–Trinajstić information content (AvgIpc) is 2.94. The van der Waals surface area contributed by atoms with Gasteiger partial charge in [-0.05, 0) is 60.5 Å². The minimum atomic E-state index is -4.13. The van der Waals surface area contributed by atoms with Gasteiger partial charge < -0.3 is 24.3 Å². The number of amides is 1. The third-order valence-electron chi connectivity index (χ3n) is 5.84. The number of carbonyl (C=O) groups is 1. The van der Waals surface area contributed by atoms with Crippen molar-refractivity contribution in [3.05, 3.63) is 72.3 Å². The van der Waals surface area contributed by atoms with Crippen LogP contribution in [0, 0.1) is 0 Å². The summed E-state index contributed by atoms with van der Waals surface area (Å²) in [5.41, 5.74) is 1.05. The Morgan fingerprint density at radius 2 is 1.49 bits per heavy atom. The quantitative estimate of drug-likeness (QED) is 0.376. The lowest BCUT2D eigenvalue weighted by Crippen LogP contribution is -2.42. The largest absolute Gasteiger partial charge is 0.497 e. The molecule has 10 heteroatoms. The fraction of sp³-hybridized carbons (Fsp3) is 0.296. The van der Waals surface area contributed by atoms with Crippen LogP contribution in [0.2, 0.25) is 0 Å². The van der Waals surface area contributed by atoms with Crippen LogP contribution in [-0.4, -0.2) is 49.3 Å². The van der Waals surface area contributed by atoms with E-state index in [2.05, 4.69) is 5.32 Å². The summed E-state index contributed by atoms with van der Waals surface area (Å²) in [7, 11) is 1.90. The second-order valence-electron chi connectivity index (χ2n) is 8.00. The normalized spacial score (nSPS) is 11.8. The van der Waals surface area contributed by atoms with Crippen LogP contribution in [0.1, 0.15) is 24.9 Å². The van der Waals surface area contributed by atoms with Crippen molar-refractivity contribution >= 4 is 21.6 Å². The number of anilines is 1. The average molecular weight is 529 g/mol. The summed E-state index contributed by atoms with van der Waals surface area (Å²) in [6.07, 6.45) is 0.571. The molecule has 9 nitrogen and oxygen atoms in total. The van der Waals surface area contributed by atoms with Gasteiger partial charge in [0.05, 0.1) is 45.1 Å². The van der Waals surface area contributed by atoms with E-state index in [1.807, 2.05) is 13.0 Å². The Balaban J connectivity index is 1.95. The van der Waals surface area contributed by atoms with Crippen LogP contribution in [0.15, 0.2) is 71.6 Å². The number of para-hydroxylation sites is 2. The fourth-order valence-corrected chi connectivity index (χ4v) is 5.30. The molecule has 0 heterocycles. The number of carbonyl (C=O) groups excluding carboxylic acids is 1. The molecule has 0 saturated carbocycles. The third-order valence-corrected chi connectivity index (χ3v) is 7.62. The molecule has 0 saturated heterocycles. The maximum Gasteiger partial charge on any atom is 0.264 e. The van der Waals surface area contributed by atoms with Gasteiger partial charge in [0.25, 0.3) is 10.0 Å². The molecule has 0 aromatic heterocycles. The van der Waals surface area contributed by atoms with Crippen molar-refractivity contribution in [3.63, 3.8) is 0 Å². The van der Waals surface area contributed by atoms with Crippen molar-refractivity contribution in [2.75, 3.05) is 39.3 Å². The molecule has 0 radical (unpaired) electrons. The van der Waals surface area contributed by atoms with Gasteiger partial charge in [-0.25, -0.2) is 8.42 Å². The summed E-state index contributed by atoms with van der Waals surface area (Å²) in [4.78, 5) is 13.3. The summed E-state index contributed by atoms with van der Waals surface area (Å²) in [5.74, 6) is 1.45. The zero-order chi connectivity index (χ0) is 27.0. The van der Waals surface area contributed by atoms with Crippen LogP contribution in [0.5, 0.6) is 23.0 Å². The number of nitrogens with one attached hydrogen (secondary N) is 1. The van der Waals surface area contributed by atoms with Gasteiger partial charge in [-0.15, -0.1) is 0 Å². The lowest BCUT2D eigenvalue weighted by molar-refractivity contribution is -0.120. The van der Waals surface area contributed by atoms with Crippen LogP contribution in [0.25, 0.3) is 0 Å². The number of benzene rings is 3. The van der Waals surface area contributed by atoms with E-state index < -0.39 is 22.5 Å². The molecule has 0 aliphatic heterocycles. The first-order chi connectivity index (χ1) is 17.8. The summed E-state index contributed by atoms with van der Waals surface area (Å²) >= 11 is 0. The Hall–Kier alpha value is -3.92. The fourth-order valence-electron chi connectivity index (χ4n) is 3.87. The zero-order valence-electron chi connectivity index (χ0n) is 21.6. The topological polar surface area (TPSA) is 103 Å². The van der Waals surface area contributed by atoms with Crippen LogP contribution in [0.3, 0.4) is 0 Å². The molecule has 1 unspecified atom stereocenters. The summed E-state index contributed by atoms with van der Waals surface area (Å²) in [6, 6.07) is 17.6. The molecule has 0 aliphatic rings. The Labute approximate surface area is 218 Å². The van der Waals surface area contributed by atoms with Crippen LogP contribution < -0.4 is 28.6 Å². The van der Waals surface area contributed by atoms with Crippen LogP contribution in [-0.2, 0) is 14.8 Å². The van der Waals surface area contributed by atoms with E-state index >= 15 is 0 Å². The minimum Gasteiger partial charge on any atom is -0.497 e. The van der Waals surface area contributed by atoms with Gasteiger partial charge >= 0.3 is 0 Å². The highest BCUT2D eigenvalue weighted by atomic mass is 32.2. The van der Waals surface area contributed by atoms with Gasteiger partial charge in [-0.2, -0.15) is 0 Å². The highest BCUT2D eigenvalue weighted by molar-refractivity contribution is 7.92. The van der Waals surface area contributed by atoms with E-state index in [0.29, 0.717) is 29.4 Å². The molecule has 3 rings (SSSR count). The highest BCUT2D eigenvalue weighted by Gasteiger charge is 2.30. The van der Waals surface area contributed by atoms with Gasteiger partial charge in [-0.3, -0.25) is 9.10 Å². The van der Waals surface area contributed by atoms with Gasteiger partial charge in [0.15, 0.2) is 11.5 Å². The predicted octanol–water partition coefficient (Wildman–Crippen LogP) is 4.18. The molecule has 3 aromatic rings. The molecular formula is C27H32N2O7S. The van der Waals surface area contributed by atoms with Gasteiger partial charge in [-0.1, -0.05) is 25.1 Å². The van der Waals surface area contributed by atoms with E-state index in [0.717, 1.165) is 9.87 Å². The predicted molar refractivity (Wildman–Crippen MR) is 141 cm³/mol. The first-order valence-electron chi connectivity index (χ1n) is 11.6. The minimum absolute atomic E-state index is 0.0129. The maximum absolute atomic E-state index is 13.7. The second kappa shape index (κ2) is 12.4. The number of nitrogens with zero attached hydrogens (tertiary/aromatic N) is 1. The third kappa shape index (κ3) is 6.26. The van der Waals surface area contributed by atoms with Crippen molar-refractivity contribution in [2.45, 2.75) is 24.3 Å². The van der Waals surface area contributed by atoms with Gasteiger partial charge in [0.2, 0.25) is 5.91 Å². The molecular weight excluding hydrogens is 496 g/mol.